The Kier molecular flexibility index (Phi) is 4.02. The highest BCUT2D eigenvalue weighted by Crippen LogP contribution is 2.19. The molecule has 0 aromatic rings. The highest BCUT2D eigenvalue weighted by molar-refractivity contribution is 4.79. The van der Waals surface area contributed by atoms with E-state index < -0.39 is 0 Å². The Bertz CT molecular complexity index is 117. The average Bonchev–Trinajstić information content (AvgIpc) is 2.07. The van der Waals surface area contributed by atoms with Crippen LogP contribution < -0.4 is 5.32 Å². The van der Waals surface area contributed by atoms with E-state index in [0.717, 1.165) is 12.0 Å². The molecule has 2 unspecified atom stereocenters. The fraction of sp³-hybridized carbons (Fsp3) is 1.00. The van der Waals surface area contributed by atoms with Gasteiger partial charge in [0.25, 0.3) is 0 Å². The lowest BCUT2D eigenvalue weighted by molar-refractivity contribution is 0.175. The van der Waals surface area contributed by atoms with E-state index in [1.807, 2.05) is 0 Å². The second-order valence-corrected chi connectivity index (χ2v) is 4.05. The van der Waals surface area contributed by atoms with Crippen molar-refractivity contribution in [2.75, 3.05) is 27.2 Å². The summed E-state index contributed by atoms with van der Waals surface area (Å²) in [6.07, 6.45) is 4.04. The molecule has 2 heteroatoms. The molecular formula is C10H22N2. The fourth-order valence-electron chi connectivity index (χ4n) is 2.33. The number of piperidine rings is 1. The molecule has 1 aliphatic heterocycles. The molecule has 2 atom stereocenters. The minimum Gasteiger partial charge on any atom is -0.316 e. The predicted octanol–water partition coefficient (Wildman–Crippen LogP) is 1.33. The zero-order valence-electron chi connectivity index (χ0n) is 8.64. The highest BCUT2D eigenvalue weighted by Gasteiger charge is 2.23. The maximum Gasteiger partial charge on any atom is 0.0127 e. The minimum atomic E-state index is 0.776. The molecule has 0 spiro atoms. The Morgan fingerprint density at radius 2 is 2.25 bits per heavy atom. The van der Waals surface area contributed by atoms with Gasteiger partial charge in [-0.1, -0.05) is 6.92 Å². The molecule has 0 saturated carbocycles. The van der Waals surface area contributed by atoms with Gasteiger partial charge < -0.3 is 10.2 Å². The summed E-state index contributed by atoms with van der Waals surface area (Å²) in [6, 6.07) is 0.776. The summed E-state index contributed by atoms with van der Waals surface area (Å²) < 4.78 is 0. The lowest BCUT2D eigenvalue weighted by Crippen LogP contribution is -2.43. The summed E-state index contributed by atoms with van der Waals surface area (Å²) in [6.45, 7) is 4.73. The first-order valence-corrected chi connectivity index (χ1v) is 5.12. The maximum atomic E-state index is 3.48. The first-order valence-electron chi connectivity index (χ1n) is 5.12. The second kappa shape index (κ2) is 4.83. The summed E-state index contributed by atoms with van der Waals surface area (Å²) in [4.78, 5) is 2.37. The van der Waals surface area contributed by atoms with E-state index in [-0.39, 0.29) is 0 Å². The van der Waals surface area contributed by atoms with Crippen LogP contribution in [0.2, 0.25) is 0 Å². The van der Waals surface area contributed by atoms with Crippen molar-refractivity contribution in [3.05, 3.63) is 0 Å². The number of nitrogens with zero attached hydrogens (tertiary/aromatic N) is 1. The molecule has 1 heterocycles. The molecule has 0 amide bonds. The van der Waals surface area contributed by atoms with Gasteiger partial charge in [-0.25, -0.2) is 0 Å². The molecule has 1 fully saturated rings. The summed E-state index contributed by atoms with van der Waals surface area (Å²) in [5.74, 6) is 0.874. The molecule has 0 aliphatic carbocycles. The van der Waals surface area contributed by atoms with Crippen molar-refractivity contribution in [1.29, 1.82) is 0 Å². The topological polar surface area (TPSA) is 15.3 Å². The van der Waals surface area contributed by atoms with Crippen LogP contribution in [0.1, 0.15) is 26.2 Å². The van der Waals surface area contributed by atoms with E-state index in [0.29, 0.717) is 0 Å². The third-order valence-electron chi connectivity index (χ3n) is 2.96. The van der Waals surface area contributed by atoms with Gasteiger partial charge in [-0.3, -0.25) is 0 Å². The van der Waals surface area contributed by atoms with Crippen LogP contribution in [0.3, 0.4) is 0 Å². The van der Waals surface area contributed by atoms with Crippen LogP contribution >= 0.6 is 0 Å². The van der Waals surface area contributed by atoms with Crippen molar-refractivity contribution < 1.29 is 0 Å². The number of rotatable bonds is 3. The van der Waals surface area contributed by atoms with Crippen LogP contribution in [0.25, 0.3) is 0 Å². The van der Waals surface area contributed by atoms with Crippen molar-refractivity contribution in [3.8, 4) is 0 Å². The second-order valence-electron chi connectivity index (χ2n) is 4.05. The molecule has 1 rings (SSSR count). The molecule has 2 nitrogen and oxygen atoms in total. The Balaban J connectivity index is 2.40. The summed E-state index contributed by atoms with van der Waals surface area (Å²) in [5, 5.41) is 3.48. The lowest BCUT2D eigenvalue weighted by Gasteiger charge is -2.34. The van der Waals surface area contributed by atoms with Gasteiger partial charge in [0, 0.05) is 6.04 Å². The van der Waals surface area contributed by atoms with Crippen LogP contribution in [0.5, 0.6) is 0 Å². The highest BCUT2D eigenvalue weighted by atomic mass is 15.1. The Morgan fingerprint density at radius 3 is 2.67 bits per heavy atom. The van der Waals surface area contributed by atoms with Crippen molar-refractivity contribution in [2.45, 2.75) is 32.2 Å². The van der Waals surface area contributed by atoms with Crippen LogP contribution in [-0.4, -0.2) is 38.1 Å². The van der Waals surface area contributed by atoms with E-state index in [9.17, 15) is 0 Å². The van der Waals surface area contributed by atoms with E-state index in [1.54, 1.807) is 0 Å². The normalized spacial score (nSPS) is 27.5. The van der Waals surface area contributed by atoms with Crippen molar-refractivity contribution in [2.24, 2.45) is 5.92 Å². The first kappa shape index (κ1) is 10.0. The molecule has 72 valence electrons. The minimum absolute atomic E-state index is 0.776. The summed E-state index contributed by atoms with van der Waals surface area (Å²) in [5.41, 5.74) is 0. The van der Waals surface area contributed by atoms with Crippen molar-refractivity contribution in [1.82, 2.24) is 10.2 Å². The van der Waals surface area contributed by atoms with Gasteiger partial charge in [0.2, 0.25) is 0 Å². The van der Waals surface area contributed by atoms with Crippen LogP contribution in [0, 0.1) is 5.92 Å². The van der Waals surface area contributed by atoms with Gasteiger partial charge in [-0.15, -0.1) is 0 Å². The summed E-state index contributed by atoms with van der Waals surface area (Å²) in [7, 11) is 4.39. The third kappa shape index (κ3) is 2.46. The van der Waals surface area contributed by atoms with Crippen LogP contribution in [0.4, 0.5) is 0 Å². The van der Waals surface area contributed by atoms with Gasteiger partial charge in [-0.05, 0) is 52.4 Å². The molecule has 1 aliphatic rings. The SMILES string of the molecule is CCC(C1CCCNC1)N(C)C. The molecule has 0 aromatic carbocycles. The smallest absolute Gasteiger partial charge is 0.0127 e. The average molecular weight is 170 g/mol. The van der Waals surface area contributed by atoms with Gasteiger partial charge in [0.1, 0.15) is 0 Å². The van der Waals surface area contributed by atoms with Gasteiger partial charge in [0.15, 0.2) is 0 Å². The summed E-state index contributed by atoms with van der Waals surface area (Å²) >= 11 is 0. The fourth-order valence-corrected chi connectivity index (χ4v) is 2.33. The van der Waals surface area contributed by atoms with Crippen LogP contribution in [-0.2, 0) is 0 Å². The molecular weight excluding hydrogens is 148 g/mol. The van der Waals surface area contributed by atoms with Crippen molar-refractivity contribution >= 4 is 0 Å². The van der Waals surface area contributed by atoms with Gasteiger partial charge in [0.05, 0.1) is 0 Å². The van der Waals surface area contributed by atoms with E-state index >= 15 is 0 Å². The van der Waals surface area contributed by atoms with Crippen LogP contribution in [0.15, 0.2) is 0 Å². The van der Waals surface area contributed by atoms with Crippen molar-refractivity contribution in [3.63, 3.8) is 0 Å². The Morgan fingerprint density at radius 1 is 1.50 bits per heavy atom. The Labute approximate surface area is 76.3 Å². The lowest BCUT2D eigenvalue weighted by atomic mass is 9.89. The largest absolute Gasteiger partial charge is 0.316 e. The molecule has 1 N–H and O–H groups in total. The van der Waals surface area contributed by atoms with Gasteiger partial charge >= 0.3 is 0 Å². The van der Waals surface area contributed by atoms with E-state index in [2.05, 4.69) is 31.2 Å². The molecule has 0 radical (unpaired) electrons. The maximum absolute atomic E-state index is 3.48. The number of hydrogen-bond acceptors (Lipinski definition) is 2. The van der Waals surface area contributed by atoms with E-state index in [1.165, 1.54) is 32.4 Å². The predicted molar refractivity (Wildman–Crippen MR) is 53.4 cm³/mol. The zero-order valence-corrected chi connectivity index (χ0v) is 8.64. The molecule has 0 aromatic heterocycles. The Hall–Kier alpha value is -0.0800. The zero-order chi connectivity index (χ0) is 8.97. The number of hydrogen-bond donors (Lipinski definition) is 1. The first-order chi connectivity index (χ1) is 5.75. The molecule has 0 bridgehead atoms. The quantitative estimate of drug-likeness (QED) is 0.687. The third-order valence-corrected chi connectivity index (χ3v) is 2.96. The molecule has 12 heavy (non-hydrogen) atoms. The van der Waals surface area contributed by atoms with E-state index in [4.69, 9.17) is 0 Å². The number of nitrogens with one attached hydrogen (secondary N) is 1. The van der Waals surface area contributed by atoms with Gasteiger partial charge in [-0.2, -0.15) is 0 Å². The molecule has 1 saturated heterocycles. The monoisotopic (exact) mass is 170 g/mol. The standard InChI is InChI=1S/C10H22N2/c1-4-10(12(2)3)9-6-5-7-11-8-9/h9-11H,4-8H2,1-3H3.